The van der Waals surface area contributed by atoms with Crippen LogP contribution in [-0.4, -0.2) is 22.5 Å². The van der Waals surface area contributed by atoms with Crippen molar-refractivity contribution in [2.24, 2.45) is 0 Å². The number of hydrogen-bond donors (Lipinski definition) is 0. The highest BCUT2D eigenvalue weighted by molar-refractivity contribution is 5.96. The third kappa shape index (κ3) is 4.40. The second-order valence-electron chi connectivity index (χ2n) is 9.02. The molecule has 6 aromatic rings. The van der Waals surface area contributed by atoms with Crippen molar-refractivity contribution in [1.82, 2.24) is 9.97 Å². The summed E-state index contributed by atoms with van der Waals surface area (Å²) in [5.74, 6) is 0. The maximum Gasteiger partial charge on any atom is 0.150 e. The first-order chi connectivity index (χ1) is 18.7. The van der Waals surface area contributed by atoms with Gasteiger partial charge in [0.2, 0.25) is 0 Å². The van der Waals surface area contributed by atoms with Crippen molar-refractivity contribution in [3.63, 3.8) is 0 Å². The van der Waals surface area contributed by atoms with E-state index in [-0.39, 0.29) is 0 Å². The Balaban J connectivity index is 1.64. The molecule has 0 atom stereocenters. The van der Waals surface area contributed by atoms with Gasteiger partial charge in [-0.3, -0.25) is 9.59 Å². The van der Waals surface area contributed by atoms with E-state index in [2.05, 4.69) is 12.1 Å². The van der Waals surface area contributed by atoms with Crippen molar-refractivity contribution in [2.75, 3.05) is 0 Å². The Morgan fingerprint density at radius 3 is 1.13 bits per heavy atom. The maximum absolute atomic E-state index is 11.3. The number of aldehydes is 2. The van der Waals surface area contributed by atoms with Crippen molar-refractivity contribution < 1.29 is 9.59 Å². The second-order valence-corrected chi connectivity index (χ2v) is 9.02. The van der Waals surface area contributed by atoms with Crippen LogP contribution in [0.25, 0.3) is 55.8 Å². The van der Waals surface area contributed by atoms with Crippen LogP contribution < -0.4 is 0 Å². The molecular formula is C34H22N2O2. The third-order valence-corrected chi connectivity index (χ3v) is 6.61. The Hall–Kier alpha value is -5.22. The summed E-state index contributed by atoms with van der Waals surface area (Å²) in [4.78, 5) is 32.8. The first kappa shape index (κ1) is 23.2. The zero-order chi connectivity index (χ0) is 25.9. The molecule has 0 spiro atoms. The lowest BCUT2D eigenvalue weighted by Crippen LogP contribution is -1.97. The van der Waals surface area contributed by atoms with Gasteiger partial charge in [-0.1, -0.05) is 109 Å². The lowest BCUT2D eigenvalue weighted by atomic mass is 9.92. The fraction of sp³-hybridized carbons (Fsp3) is 0. The zero-order valence-electron chi connectivity index (χ0n) is 20.4. The van der Waals surface area contributed by atoms with Crippen LogP contribution in [-0.2, 0) is 0 Å². The molecule has 0 saturated carbocycles. The molecule has 1 heterocycles. The molecule has 0 unspecified atom stereocenters. The first-order valence-corrected chi connectivity index (χ1v) is 12.3. The molecule has 0 amide bonds. The molecule has 0 aliphatic heterocycles. The largest absolute Gasteiger partial charge is 0.298 e. The maximum atomic E-state index is 11.3. The molecule has 0 radical (unpaired) electrons. The van der Waals surface area contributed by atoms with E-state index in [1.807, 2.05) is 109 Å². The number of fused-ring (bicyclic) bond motifs is 1. The second kappa shape index (κ2) is 10.0. The summed E-state index contributed by atoms with van der Waals surface area (Å²) in [5.41, 5.74) is 10.2. The lowest BCUT2D eigenvalue weighted by molar-refractivity contribution is 0.111. The average molecular weight is 491 g/mol. The molecule has 5 aromatic carbocycles. The smallest absolute Gasteiger partial charge is 0.150 e. The monoisotopic (exact) mass is 490 g/mol. The van der Waals surface area contributed by atoms with E-state index in [0.29, 0.717) is 11.1 Å². The molecule has 38 heavy (non-hydrogen) atoms. The molecule has 6 rings (SSSR count). The van der Waals surface area contributed by atoms with Gasteiger partial charge in [-0.05, 0) is 34.4 Å². The van der Waals surface area contributed by atoms with Crippen molar-refractivity contribution in [1.29, 1.82) is 0 Å². The van der Waals surface area contributed by atoms with E-state index in [1.54, 1.807) is 0 Å². The highest BCUT2D eigenvalue weighted by atomic mass is 16.1. The minimum Gasteiger partial charge on any atom is -0.298 e. The van der Waals surface area contributed by atoms with Gasteiger partial charge in [0.25, 0.3) is 0 Å². The van der Waals surface area contributed by atoms with Crippen LogP contribution in [0.2, 0.25) is 0 Å². The Labute approximate surface area is 220 Å². The van der Waals surface area contributed by atoms with Gasteiger partial charge in [-0.15, -0.1) is 0 Å². The summed E-state index contributed by atoms with van der Waals surface area (Å²) in [6.07, 6.45) is 1.68. The van der Waals surface area contributed by atoms with Crippen molar-refractivity contribution >= 4 is 23.6 Å². The van der Waals surface area contributed by atoms with E-state index in [4.69, 9.17) is 9.97 Å². The summed E-state index contributed by atoms with van der Waals surface area (Å²) in [6, 6.07) is 39.3. The van der Waals surface area contributed by atoms with Crippen molar-refractivity contribution in [2.45, 2.75) is 0 Å². The SMILES string of the molecule is O=Cc1ccc(-c2cc3nc(-c4ccccc4)c(-c4ccccc4)nc3cc2-c2ccc(C=O)cc2)cc1. The van der Waals surface area contributed by atoms with Gasteiger partial charge in [0.15, 0.2) is 0 Å². The van der Waals surface area contributed by atoms with Crippen LogP contribution in [0.1, 0.15) is 20.7 Å². The van der Waals surface area contributed by atoms with Crippen LogP contribution in [0.5, 0.6) is 0 Å². The van der Waals surface area contributed by atoms with E-state index >= 15 is 0 Å². The summed E-state index contributed by atoms with van der Waals surface area (Å²) in [5, 5.41) is 0. The predicted octanol–water partition coefficient (Wildman–Crippen LogP) is 7.92. The summed E-state index contributed by atoms with van der Waals surface area (Å²) in [7, 11) is 0. The minimum absolute atomic E-state index is 0.616. The van der Waals surface area contributed by atoms with Gasteiger partial charge in [0.05, 0.1) is 22.4 Å². The topological polar surface area (TPSA) is 59.9 Å². The fourth-order valence-corrected chi connectivity index (χ4v) is 4.66. The standard InChI is InChI=1S/C34H22N2O2/c37-21-23-11-15-25(16-12-23)29-19-31-32(20-30(29)26-17-13-24(22-38)14-18-26)36-34(28-9-5-2-6-10-28)33(35-31)27-7-3-1-4-8-27/h1-22H. The summed E-state index contributed by atoms with van der Waals surface area (Å²) in [6.45, 7) is 0. The average Bonchev–Trinajstić information content (AvgIpc) is 3.00. The highest BCUT2D eigenvalue weighted by Crippen LogP contribution is 2.38. The van der Waals surface area contributed by atoms with Gasteiger partial charge in [0, 0.05) is 22.3 Å². The first-order valence-electron chi connectivity index (χ1n) is 12.3. The lowest BCUT2D eigenvalue weighted by Gasteiger charge is -2.15. The van der Waals surface area contributed by atoms with Crippen LogP contribution in [0.15, 0.2) is 121 Å². The molecule has 0 aliphatic rings. The Kier molecular flexibility index (Phi) is 6.12. The van der Waals surface area contributed by atoms with E-state index in [1.165, 1.54) is 0 Å². The molecule has 0 N–H and O–H groups in total. The highest BCUT2D eigenvalue weighted by Gasteiger charge is 2.17. The van der Waals surface area contributed by atoms with Gasteiger partial charge < -0.3 is 0 Å². The van der Waals surface area contributed by atoms with Gasteiger partial charge in [0.1, 0.15) is 12.6 Å². The van der Waals surface area contributed by atoms with Crippen LogP contribution in [0.4, 0.5) is 0 Å². The number of aromatic nitrogens is 2. The molecule has 1 aromatic heterocycles. The zero-order valence-corrected chi connectivity index (χ0v) is 20.4. The number of nitrogens with zero attached hydrogens (tertiary/aromatic N) is 2. The van der Waals surface area contributed by atoms with Gasteiger partial charge in [-0.25, -0.2) is 9.97 Å². The molecule has 0 saturated heterocycles. The fourth-order valence-electron chi connectivity index (χ4n) is 4.66. The molecule has 180 valence electrons. The summed E-state index contributed by atoms with van der Waals surface area (Å²) < 4.78 is 0. The molecule has 4 nitrogen and oxygen atoms in total. The van der Waals surface area contributed by atoms with Crippen LogP contribution in [0, 0.1) is 0 Å². The number of carbonyl (C=O) groups excluding carboxylic acids is 2. The minimum atomic E-state index is 0.616. The number of rotatable bonds is 6. The number of carbonyl (C=O) groups is 2. The predicted molar refractivity (Wildman–Crippen MR) is 152 cm³/mol. The molecule has 4 heteroatoms. The van der Waals surface area contributed by atoms with Crippen molar-refractivity contribution in [3.8, 4) is 44.8 Å². The Morgan fingerprint density at radius 2 is 0.789 bits per heavy atom. The van der Waals surface area contributed by atoms with Crippen LogP contribution in [0.3, 0.4) is 0 Å². The molecule has 0 aliphatic carbocycles. The molecule has 0 fully saturated rings. The number of benzene rings is 5. The quantitative estimate of drug-likeness (QED) is 0.223. The van der Waals surface area contributed by atoms with E-state index in [0.717, 1.165) is 68.4 Å². The molecule has 0 bridgehead atoms. The third-order valence-electron chi connectivity index (χ3n) is 6.61. The van der Waals surface area contributed by atoms with E-state index in [9.17, 15) is 9.59 Å². The van der Waals surface area contributed by atoms with Gasteiger partial charge in [-0.2, -0.15) is 0 Å². The van der Waals surface area contributed by atoms with Crippen molar-refractivity contribution in [3.05, 3.63) is 132 Å². The molecular weight excluding hydrogens is 468 g/mol. The summed E-state index contributed by atoms with van der Waals surface area (Å²) >= 11 is 0. The normalized spacial score (nSPS) is 10.8. The van der Waals surface area contributed by atoms with E-state index < -0.39 is 0 Å². The Bertz CT molecular complexity index is 1630. The van der Waals surface area contributed by atoms with Crippen LogP contribution >= 0.6 is 0 Å². The Morgan fingerprint density at radius 1 is 0.421 bits per heavy atom. The number of hydrogen-bond acceptors (Lipinski definition) is 4. The van der Waals surface area contributed by atoms with Gasteiger partial charge >= 0.3 is 0 Å².